The number of hydrogen-bond acceptors (Lipinski definition) is 4. The highest BCUT2D eigenvalue weighted by molar-refractivity contribution is 5.21. The van der Waals surface area contributed by atoms with E-state index in [4.69, 9.17) is 9.47 Å². The Morgan fingerprint density at radius 1 is 1.09 bits per heavy atom. The zero-order chi connectivity index (χ0) is 15.9. The molecule has 1 atom stereocenters. The molecule has 0 bridgehead atoms. The maximum atomic E-state index is 12.9. The van der Waals surface area contributed by atoms with Crippen LogP contribution >= 0.6 is 0 Å². The number of halogens is 1. The van der Waals surface area contributed by atoms with Crippen molar-refractivity contribution in [2.24, 2.45) is 0 Å². The quantitative estimate of drug-likeness (QED) is 0.803. The van der Waals surface area contributed by atoms with Gasteiger partial charge in [0.2, 0.25) is 0 Å². The third-order valence-corrected chi connectivity index (χ3v) is 4.78. The van der Waals surface area contributed by atoms with Crippen LogP contribution in [0.25, 0.3) is 0 Å². The first-order chi connectivity index (χ1) is 11.3. The van der Waals surface area contributed by atoms with Crippen LogP contribution in [0.5, 0.6) is 5.75 Å². The van der Waals surface area contributed by atoms with E-state index in [-0.39, 0.29) is 5.82 Å². The number of piperidine rings is 1. The van der Waals surface area contributed by atoms with Crippen LogP contribution in [0.3, 0.4) is 0 Å². The van der Waals surface area contributed by atoms with Gasteiger partial charge in [0, 0.05) is 32.2 Å². The normalized spacial score (nSPS) is 23.8. The van der Waals surface area contributed by atoms with Crippen molar-refractivity contribution in [3.63, 3.8) is 0 Å². The first-order valence-corrected chi connectivity index (χ1v) is 8.74. The lowest BCUT2D eigenvalue weighted by Gasteiger charge is -2.39. The molecular formula is C18H27FN2O2. The molecule has 23 heavy (non-hydrogen) atoms. The molecule has 0 aromatic heterocycles. The Morgan fingerprint density at radius 2 is 1.87 bits per heavy atom. The van der Waals surface area contributed by atoms with E-state index < -0.39 is 0 Å². The van der Waals surface area contributed by atoms with Crippen molar-refractivity contribution in [3.05, 3.63) is 30.1 Å². The zero-order valence-electron chi connectivity index (χ0n) is 13.8. The van der Waals surface area contributed by atoms with E-state index in [1.54, 1.807) is 12.1 Å². The van der Waals surface area contributed by atoms with Gasteiger partial charge in [0.15, 0.2) is 0 Å². The molecule has 0 saturated carbocycles. The van der Waals surface area contributed by atoms with E-state index in [2.05, 4.69) is 9.80 Å². The number of benzene rings is 1. The highest BCUT2D eigenvalue weighted by Gasteiger charge is 2.25. The van der Waals surface area contributed by atoms with Crippen molar-refractivity contribution < 1.29 is 13.9 Å². The van der Waals surface area contributed by atoms with Crippen LogP contribution in [0.15, 0.2) is 24.3 Å². The lowest BCUT2D eigenvalue weighted by Crippen LogP contribution is -2.50. The van der Waals surface area contributed by atoms with Gasteiger partial charge in [-0.1, -0.05) is 6.42 Å². The Labute approximate surface area is 138 Å². The molecule has 0 aliphatic carbocycles. The lowest BCUT2D eigenvalue weighted by atomic mass is 10.0. The van der Waals surface area contributed by atoms with Crippen LogP contribution in [-0.4, -0.2) is 68.4 Å². The summed E-state index contributed by atoms with van der Waals surface area (Å²) in [6, 6.07) is 6.89. The van der Waals surface area contributed by atoms with Crippen molar-refractivity contribution in [2.75, 3.05) is 52.5 Å². The predicted molar refractivity (Wildman–Crippen MR) is 88.4 cm³/mol. The van der Waals surface area contributed by atoms with Crippen LogP contribution in [-0.2, 0) is 4.74 Å². The van der Waals surface area contributed by atoms with Gasteiger partial charge in [0.1, 0.15) is 18.2 Å². The smallest absolute Gasteiger partial charge is 0.123 e. The van der Waals surface area contributed by atoms with E-state index in [1.165, 1.54) is 31.4 Å². The average Bonchev–Trinajstić information content (AvgIpc) is 2.59. The molecule has 2 saturated heterocycles. The highest BCUT2D eigenvalue weighted by atomic mass is 19.1. The standard InChI is InChI=1S/C18H27FN2O2/c19-16-4-6-18(7-5-16)23-14-11-21-8-2-1-3-17(21)15-20-9-12-22-13-10-20/h4-7,17H,1-3,8-15H2. The largest absolute Gasteiger partial charge is 0.492 e. The van der Waals surface area contributed by atoms with Gasteiger partial charge in [0.05, 0.1) is 13.2 Å². The van der Waals surface area contributed by atoms with Gasteiger partial charge in [-0.05, 0) is 43.7 Å². The van der Waals surface area contributed by atoms with E-state index >= 15 is 0 Å². The predicted octanol–water partition coefficient (Wildman–Crippen LogP) is 2.39. The first-order valence-electron chi connectivity index (χ1n) is 8.74. The van der Waals surface area contributed by atoms with Gasteiger partial charge in [-0.3, -0.25) is 9.80 Å². The molecule has 2 aliphatic rings. The highest BCUT2D eigenvalue weighted by Crippen LogP contribution is 2.19. The minimum Gasteiger partial charge on any atom is -0.492 e. The number of hydrogen-bond donors (Lipinski definition) is 0. The first kappa shape index (κ1) is 16.7. The molecule has 0 amide bonds. The second-order valence-corrected chi connectivity index (χ2v) is 6.40. The van der Waals surface area contributed by atoms with Gasteiger partial charge in [-0.2, -0.15) is 0 Å². The van der Waals surface area contributed by atoms with Crippen molar-refractivity contribution >= 4 is 0 Å². The molecule has 0 spiro atoms. The van der Waals surface area contributed by atoms with E-state index in [0.717, 1.165) is 51.7 Å². The summed E-state index contributed by atoms with van der Waals surface area (Å²) in [5.41, 5.74) is 0. The summed E-state index contributed by atoms with van der Waals surface area (Å²) < 4.78 is 24.1. The Kier molecular flexibility index (Phi) is 6.25. The molecule has 1 unspecified atom stereocenters. The number of rotatable bonds is 6. The Bertz CT molecular complexity index is 463. The summed E-state index contributed by atoms with van der Waals surface area (Å²) in [6.45, 7) is 7.72. The van der Waals surface area contributed by atoms with Gasteiger partial charge in [0.25, 0.3) is 0 Å². The van der Waals surface area contributed by atoms with Gasteiger partial charge >= 0.3 is 0 Å². The summed E-state index contributed by atoms with van der Waals surface area (Å²) in [5, 5.41) is 0. The Balaban J connectivity index is 1.45. The Hall–Kier alpha value is -1.17. The number of ether oxygens (including phenoxy) is 2. The van der Waals surface area contributed by atoms with Crippen molar-refractivity contribution in [2.45, 2.75) is 25.3 Å². The van der Waals surface area contributed by atoms with Crippen LogP contribution < -0.4 is 4.74 Å². The molecule has 5 heteroatoms. The number of likely N-dealkylation sites (tertiary alicyclic amines) is 1. The van der Waals surface area contributed by atoms with Gasteiger partial charge in [-0.25, -0.2) is 4.39 Å². The van der Waals surface area contributed by atoms with Crippen molar-refractivity contribution in [3.8, 4) is 5.75 Å². The molecule has 1 aromatic carbocycles. The van der Waals surface area contributed by atoms with Crippen molar-refractivity contribution in [1.82, 2.24) is 9.80 Å². The van der Waals surface area contributed by atoms with E-state index in [0.29, 0.717) is 12.6 Å². The fraction of sp³-hybridized carbons (Fsp3) is 0.667. The third-order valence-electron chi connectivity index (χ3n) is 4.78. The summed E-state index contributed by atoms with van der Waals surface area (Å²) in [5.74, 6) is 0.520. The minimum absolute atomic E-state index is 0.223. The zero-order valence-corrected chi connectivity index (χ0v) is 13.8. The molecule has 0 radical (unpaired) electrons. The topological polar surface area (TPSA) is 24.9 Å². The lowest BCUT2D eigenvalue weighted by molar-refractivity contribution is 0.0148. The van der Waals surface area contributed by atoms with Crippen LogP contribution in [0.4, 0.5) is 4.39 Å². The van der Waals surface area contributed by atoms with E-state index in [9.17, 15) is 4.39 Å². The maximum absolute atomic E-state index is 12.9. The second-order valence-electron chi connectivity index (χ2n) is 6.40. The second kappa shape index (κ2) is 8.62. The summed E-state index contributed by atoms with van der Waals surface area (Å²) >= 11 is 0. The summed E-state index contributed by atoms with van der Waals surface area (Å²) in [6.07, 6.45) is 3.87. The SMILES string of the molecule is Fc1ccc(OCCN2CCCCC2CN2CCOCC2)cc1. The molecule has 1 aromatic rings. The maximum Gasteiger partial charge on any atom is 0.123 e. The molecule has 128 valence electrons. The van der Waals surface area contributed by atoms with Gasteiger partial charge < -0.3 is 9.47 Å². The molecule has 2 aliphatic heterocycles. The number of morpholine rings is 1. The van der Waals surface area contributed by atoms with Crippen molar-refractivity contribution in [1.29, 1.82) is 0 Å². The molecule has 3 rings (SSSR count). The molecule has 0 N–H and O–H groups in total. The van der Waals surface area contributed by atoms with Crippen LogP contribution in [0, 0.1) is 5.82 Å². The molecule has 2 heterocycles. The summed E-state index contributed by atoms with van der Waals surface area (Å²) in [4.78, 5) is 5.08. The fourth-order valence-electron chi connectivity index (χ4n) is 3.45. The third kappa shape index (κ3) is 5.16. The van der Waals surface area contributed by atoms with Crippen LogP contribution in [0.2, 0.25) is 0 Å². The Morgan fingerprint density at radius 3 is 2.65 bits per heavy atom. The molecular weight excluding hydrogens is 295 g/mol. The summed E-state index contributed by atoms with van der Waals surface area (Å²) in [7, 11) is 0. The van der Waals surface area contributed by atoms with Crippen LogP contribution in [0.1, 0.15) is 19.3 Å². The van der Waals surface area contributed by atoms with E-state index in [1.807, 2.05) is 0 Å². The molecule has 4 nitrogen and oxygen atoms in total. The monoisotopic (exact) mass is 322 g/mol. The fourth-order valence-corrected chi connectivity index (χ4v) is 3.45. The molecule has 2 fully saturated rings. The number of nitrogens with zero attached hydrogens (tertiary/aromatic N) is 2. The average molecular weight is 322 g/mol. The van der Waals surface area contributed by atoms with Gasteiger partial charge in [-0.15, -0.1) is 0 Å². The minimum atomic E-state index is -0.223.